The van der Waals surface area contributed by atoms with E-state index < -0.39 is 20.0 Å². The van der Waals surface area contributed by atoms with Crippen LogP contribution in [0.25, 0.3) is 0 Å². The first-order valence-corrected chi connectivity index (χ1v) is 28.5. The summed E-state index contributed by atoms with van der Waals surface area (Å²) in [5.41, 5.74) is 0. The molecule has 0 spiro atoms. The smallest absolute Gasteiger partial charge is 0.387 e. The molecule has 9 heteroatoms. The summed E-state index contributed by atoms with van der Waals surface area (Å²) in [6.45, 7) is 4.80. The van der Waals surface area contributed by atoms with Crippen molar-refractivity contribution in [3.63, 3.8) is 0 Å². The van der Waals surface area contributed by atoms with Gasteiger partial charge in [-0.3, -0.25) is 13.8 Å². The molecule has 0 aromatic rings. The molecule has 0 aliphatic rings. The van der Waals surface area contributed by atoms with Crippen molar-refractivity contribution in [3.8, 4) is 0 Å². The molecule has 0 bridgehead atoms. The number of nitrogens with zero attached hydrogens (tertiary/aromatic N) is 1. The minimum Gasteiger partial charge on any atom is -0.387 e. The number of phosphoric ester groups is 1. The maximum absolute atomic E-state index is 12.9. The van der Waals surface area contributed by atoms with Crippen molar-refractivity contribution in [2.45, 2.75) is 257 Å². The number of nitrogens with one attached hydrogen (secondary N) is 1. The first-order valence-electron chi connectivity index (χ1n) is 27.0. The molecule has 0 aromatic carbocycles. The molecule has 376 valence electrons. The van der Waals surface area contributed by atoms with Gasteiger partial charge < -0.3 is 19.8 Å². The minimum atomic E-state index is -4.36. The van der Waals surface area contributed by atoms with Crippen molar-refractivity contribution < 1.29 is 32.9 Å². The lowest BCUT2D eigenvalue weighted by Crippen LogP contribution is -2.45. The molecule has 1 amide bonds. The lowest BCUT2D eigenvalue weighted by molar-refractivity contribution is -0.870. The van der Waals surface area contributed by atoms with Crippen LogP contribution in [0.15, 0.2) is 48.6 Å². The van der Waals surface area contributed by atoms with Gasteiger partial charge in [-0.2, -0.15) is 0 Å². The molecule has 0 aliphatic carbocycles. The quantitative estimate of drug-likeness (QED) is 0.0243. The van der Waals surface area contributed by atoms with E-state index in [4.69, 9.17) is 9.05 Å². The van der Waals surface area contributed by atoms with Gasteiger partial charge in [-0.05, 0) is 70.6 Å². The zero-order valence-electron chi connectivity index (χ0n) is 42.8. The van der Waals surface area contributed by atoms with Gasteiger partial charge in [0, 0.05) is 6.42 Å². The summed E-state index contributed by atoms with van der Waals surface area (Å²) >= 11 is 0. The number of allylic oxidation sites excluding steroid dienone is 7. The lowest BCUT2D eigenvalue weighted by Gasteiger charge is -2.25. The van der Waals surface area contributed by atoms with Gasteiger partial charge in [0.1, 0.15) is 13.2 Å². The molecule has 0 heterocycles. The molecule has 0 aromatic heterocycles. The van der Waals surface area contributed by atoms with Gasteiger partial charge >= 0.3 is 7.82 Å². The van der Waals surface area contributed by atoms with E-state index in [2.05, 4.69) is 55.6 Å². The van der Waals surface area contributed by atoms with E-state index in [0.29, 0.717) is 17.4 Å². The highest BCUT2D eigenvalue weighted by molar-refractivity contribution is 7.47. The lowest BCUT2D eigenvalue weighted by atomic mass is 10.0. The van der Waals surface area contributed by atoms with E-state index in [-0.39, 0.29) is 19.1 Å². The van der Waals surface area contributed by atoms with Crippen LogP contribution in [0.2, 0.25) is 0 Å². The van der Waals surface area contributed by atoms with Crippen LogP contribution in [0.4, 0.5) is 0 Å². The highest BCUT2D eigenvalue weighted by Crippen LogP contribution is 2.43. The Bertz CT molecular complexity index is 1180. The maximum Gasteiger partial charge on any atom is 0.472 e. The molecular weight excluding hydrogens is 816 g/mol. The SMILES string of the molecule is CCCCCCCCCCC/C=C/CC/C=C/CC/C=C/C(O)C(COP(=O)(O)OCC[N+](C)(C)C)NC(=O)CCCCCCCCC/C=C\CCCCCCCCCCCCCC. The Morgan fingerprint density at radius 1 is 0.516 bits per heavy atom. The number of rotatable bonds is 49. The zero-order chi connectivity index (χ0) is 47.1. The van der Waals surface area contributed by atoms with E-state index in [9.17, 15) is 19.4 Å². The van der Waals surface area contributed by atoms with E-state index in [1.807, 2.05) is 27.2 Å². The molecule has 0 radical (unpaired) electrons. The van der Waals surface area contributed by atoms with Crippen LogP contribution in [0.1, 0.15) is 245 Å². The van der Waals surface area contributed by atoms with E-state index in [1.54, 1.807) is 6.08 Å². The van der Waals surface area contributed by atoms with Crippen molar-refractivity contribution >= 4 is 13.7 Å². The van der Waals surface area contributed by atoms with Crippen LogP contribution >= 0.6 is 7.82 Å². The highest BCUT2D eigenvalue weighted by atomic mass is 31.2. The molecule has 0 rings (SSSR count). The number of amides is 1. The third-order valence-corrected chi connectivity index (χ3v) is 13.0. The van der Waals surface area contributed by atoms with Crippen LogP contribution < -0.4 is 5.32 Å². The second-order valence-corrected chi connectivity index (χ2v) is 21.0. The third-order valence-electron chi connectivity index (χ3n) is 12.0. The Balaban J connectivity index is 4.33. The Morgan fingerprint density at radius 2 is 0.859 bits per heavy atom. The van der Waals surface area contributed by atoms with Crippen molar-refractivity contribution in [3.05, 3.63) is 48.6 Å². The summed E-state index contributed by atoms with van der Waals surface area (Å²) < 4.78 is 23.6. The Kier molecular flexibility index (Phi) is 45.4. The fourth-order valence-electron chi connectivity index (χ4n) is 7.72. The number of aliphatic hydroxyl groups is 1. The molecule has 3 N–H and O–H groups in total. The van der Waals surface area contributed by atoms with E-state index >= 15 is 0 Å². The molecule has 0 saturated carbocycles. The standard InChI is InChI=1S/C55H105N2O6P/c1-6-8-10-12-14-16-18-20-22-24-26-27-28-29-31-33-35-37-39-41-43-45-47-49-55(59)56-53(52-63-64(60,61)62-51-50-57(3,4)5)54(58)48-46-44-42-40-38-36-34-32-30-25-23-21-19-17-15-13-11-9-7-2/h29-32,38,40,46,48,53-54,58H,6-28,33-37,39,41-45,47,49-52H2,1-5H3,(H-,56,59,60,61)/p+1/b31-29-,32-30+,40-38+,48-46+. The summed E-state index contributed by atoms with van der Waals surface area (Å²) in [5, 5.41) is 13.9. The van der Waals surface area contributed by atoms with Crippen LogP contribution in [0.5, 0.6) is 0 Å². The predicted molar refractivity (Wildman–Crippen MR) is 277 cm³/mol. The maximum atomic E-state index is 12.9. The number of hydrogen-bond donors (Lipinski definition) is 3. The summed E-state index contributed by atoms with van der Waals surface area (Å²) in [6.07, 6.45) is 60.6. The van der Waals surface area contributed by atoms with Gasteiger partial charge in [-0.1, -0.05) is 217 Å². The molecule has 8 nitrogen and oxygen atoms in total. The molecule has 0 saturated heterocycles. The summed E-state index contributed by atoms with van der Waals surface area (Å²) in [6, 6.07) is -0.873. The number of hydrogen-bond acceptors (Lipinski definition) is 5. The average molecular weight is 922 g/mol. The Labute approximate surface area is 397 Å². The van der Waals surface area contributed by atoms with E-state index in [1.165, 1.54) is 180 Å². The Hall–Kier alpha value is -1.54. The van der Waals surface area contributed by atoms with Gasteiger partial charge in [0.05, 0.1) is 39.9 Å². The predicted octanol–water partition coefficient (Wildman–Crippen LogP) is 16.0. The number of likely N-dealkylation sites (N-methyl/N-ethyl adjacent to an activating group) is 1. The summed E-state index contributed by atoms with van der Waals surface area (Å²) in [4.78, 5) is 23.2. The number of phosphoric acid groups is 1. The number of unbranched alkanes of at least 4 members (excludes halogenated alkanes) is 30. The van der Waals surface area contributed by atoms with Gasteiger partial charge in [0.25, 0.3) is 0 Å². The summed E-state index contributed by atoms with van der Waals surface area (Å²) in [7, 11) is 1.54. The second kappa shape index (κ2) is 46.6. The number of carbonyl (C=O) groups is 1. The second-order valence-electron chi connectivity index (χ2n) is 19.6. The molecule has 64 heavy (non-hydrogen) atoms. The van der Waals surface area contributed by atoms with Crippen molar-refractivity contribution in [2.75, 3.05) is 40.9 Å². The molecular formula is C55H106N2O6P+. The van der Waals surface area contributed by atoms with E-state index in [0.717, 1.165) is 44.9 Å². The van der Waals surface area contributed by atoms with Crippen LogP contribution in [-0.2, 0) is 18.4 Å². The fraction of sp³-hybridized carbons (Fsp3) is 0.836. The van der Waals surface area contributed by atoms with Crippen molar-refractivity contribution in [2.24, 2.45) is 0 Å². The number of carbonyl (C=O) groups excluding carboxylic acids is 1. The van der Waals surface area contributed by atoms with Crippen LogP contribution in [0.3, 0.4) is 0 Å². The average Bonchev–Trinajstić information content (AvgIpc) is 3.25. The monoisotopic (exact) mass is 922 g/mol. The number of aliphatic hydroxyl groups excluding tert-OH is 1. The molecule has 3 unspecified atom stereocenters. The molecule has 0 aliphatic heterocycles. The summed E-state index contributed by atoms with van der Waals surface area (Å²) in [5.74, 6) is -0.194. The third kappa shape index (κ3) is 48.4. The fourth-order valence-corrected chi connectivity index (χ4v) is 8.45. The normalized spacial score (nSPS) is 14.4. The molecule has 0 fully saturated rings. The number of quaternary nitrogens is 1. The van der Waals surface area contributed by atoms with Crippen molar-refractivity contribution in [1.82, 2.24) is 5.32 Å². The minimum absolute atomic E-state index is 0.0521. The zero-order valence-corrected chi connectivity index (χ0v) is 43.7. The highest BCUT2D eigenvalue weighted by Gasteiger charge is 2.27. The topological polar surface area (TPSA) is 105 Å². The van der Waals surface area contributed by atoms with Crippen LogP contribution in [-0.4, -0.2) is 73.4 Å². The van der Waals surface area contributed by atoms with Gasteiger partial charge in [0.15, 0.2) is 0 Å². The van der Waals surface area contributed by atoms with Gasteiger partial charge in [-0.15, -0.1) is 0 Å². The van der Waals surface area contributed by atoms with Gasteiger partial charge in [0.2, 0.25) is 5.91 Å². The molecule has 3 atom stereocenters. The van der Waals surface area contributed by atoms with Gasteiger partial charge in [-0.25, -0.2) is 4.57 Å². The first kappa shape index (κ1) is 62.5. The Morgan fingerprint density at radius 3 is 1.25 bits per heavy atom. The first-order chi connectivity index (χ1) is 31.0. The largest absolute Gasteiger partial charge is 0.472 e. The van der Waals surface area contributed by atoms with Crippen LogP contribution in [0, 0.1) is 0 Å². The van der Waals surface area contributed by atoms with Crippen molar-refractivity contribution in [1.29, 1.82) is 0 Å².